The fourth-order valence-electron chi connectivity index (χ4n) is 3.23. The quantitative estimate of drug-likeness (QED) is 0.236. The lowest BCUT2D eigenvalue weighted by atomic mass is 10.1. The van der Waals surface area contributed by atoms with E-state index in [1.54, 1.807) is 45.4 Å². The van der Waals surface area contributed by atoms with E-state index in [1.165, 1.54) is 12.2 Å². The zero-order valence-electron chi connectivity index (χ0n) is 21.0. The Kier molecular flexibility index (Phi) is 12.3. The van der Waals surface area contributed by atoms with Crippen LogP contribution >= 0.6 is 0 Å². The smallest absolute Gasteiger partial charge is 0.328 e. The van der Waals surface area contributed by atoms with Gasteiger partial charge in [-0.1, -0.05) is 24.3 Å². The maximum atomic E-state index is 12.4. The molecule has 2 aromatic carbocycles. The second-order valence-electron chi connectivity index (χ2n) is 7.81. The lowest BCUT2D eigenvalue weighted by Crippen LogP contribution is -2.41. The van der Waals surface area contributed by atoms with Crippen molar-refractivity contribution in [2.24, 2.45) is 0 Å². The van der Waals surface area contributed by atoms with E-state index in [-0.39, 0.29) is 18.4 Å². The molecule has 2 rings (SSSR count). The first-order valence-electron chi connectivity index (χ1n) is 11.8. The number of unbranched alkanes of at least 4 members (excludes halogenated alkanes) is 1. The Bertz CT molecular complexity index is 1030. The molecule has 8 nitrogen and oxygen atoms in total. The summed E-state index contributed by atoms with van der Waals surface area (Å²) in [5, 5.41) is 5.53. The number of benzene rings is 2. The molecule has 2 N–H and O–H groups in total. The molecular formula is C28H34N2O6. The largest absolute Gasteiger partial charge is 0.497 e. The predicted molar refractivity (Wildman–Crippen MR) is 139 cm³/mol. The highest BCUT2D eigenvalue weighted by Gasteiger charge is 2.20. The van der Waals surface area contributed by atoms with E-state index in [4.69, 9.17) is 14.2 Å². The molecule has 8 heteroatoms. The van der Waals surface area contributed by atoms with Gasteiger partial charge in [0.25, 0.3) is 0 Å². The van der Waals surface area contributed by atoms with Gasteiger partial charge in [0.05, 0.1) is 20.8 Å². The van der Waals surface area contributed by atoms with Crippen LogP contribution in [0.15, 0.2) is 60.7 Å². The minimum absolute atomic E-state index is 0.204. The third-order valence-electron chi connectivity index (χ3n) is 5.19. The van der Waals surface area contributed by atoms with Crippen molar-refractivity contribution in [3.05, 3.63) is 71.8 Å². The van der Waals surface area contributed by atoms with Crippen molar-refractivity contribution in [1.29, 1.82) is 0 Å². The van der Waals surface area contributed by atoms with Gasteiger partial charge >= 0.3 is 5.97 Å². The first-order valence-corrected chi connectivity index (χ1v) is 11.8. The second kappa shape index (κ2) is 15.8. The fourth-order valence-corrected chi connectivity index (χ4v) is 3.23. The van der Waals surface area contributed by atoms with Crippen molar-refractivity contribution in [3.8, 4) is 11.5 Å². The topological polar surface area (TPSA) is 103 Å². The van der Waals surface area contributed by atoms with Crippen LogP contribution in [-0.2, 0) is 19.1 Å². The molecule has 0 aliphatic carbocycles. The van der Waals surface area contributed by atoms with Gasteiger partial charge in [-0.05, 0) is 73.7 Å². The third kappa shape index (κ3) is 10.5. The normalized spacial score (nSPS) is 11.8. The molecule has 2 amide bonds. The van der Waals surface area contributed by atoms with Gasteiger partial charge in [-0.15, -0.1) is 0 Å². The van der Waals surface area contributed by atoms with Crippen LogP contribution in [-0.4, -0.2) is 51.2 Å². The maximum absolute atomic E-state index is 12.4. The Morgan fingerprint density at radius 3 is 1.83 bits per heavy atom. The van der Waals surface area contributed by atoms with Crippen molar-refractivity contribution < 1.29 is 28.6 Å². The minimum Gasteiger partial charge on any atom is -0.497 e. The number of carbonyl (C=O) groups is 3. The maximum Gasteiger partial charge on any atom is 0.328 e. The van der Waals surface area contributed by atoms with Crippen molar-refractivity contribution in [2.45, 2.75) is 32.2 Å². The van der Waals surface area contributed by atoms with Crippen LogP contribution in [0.5, 0.6) is 11.5 Å². The van der Waals surface area contributed by atoms with Crippen LogP contribution in [0.4, 0.5) is 0 Å². The number of hydrogen-bond donors (Lipinski definition) is 2. The van der Waals surface area contributed by atoms with Crippen LogP contribution in [0.1, 0.15) is 37.3 Å². The highest BCUT2D eigenvalue weighted by molar-refractivity contribution is 5.94. The standard InChI is InChI=1S/C28H34N2O6/c1-4-36-28(33)25(30-27(32)19-13-22-10-16-24(35-3)17-11-22)7-5-6-20-29-26(31)18-12-21-8-14-23(34-2)15-9-21/h8-19,25H,4-7,20H2,1-3H3,(H,29,31)(H,30,32)/b18-12+,19-13+/t25-/m0/s1. The molecule has 0 heterocycles. The van der Waals surface area contributed by atoms with Gasteiger partial charge < -0.3 is 24.8 Å². The van der Waals surface area contributed by atoms with Crippen LogP contribution in [0, 0.1) is 0 Å². The molecule has 0 saturated heterocycles. The van der Waals surface area contributed by atoms with E-state index in [0.717, 1.165) is 22.6 Å². The third-order valence-corrected chi connectivity index (χ3v) is 5.19. The van der Waals surface area contributed by atoms with Gasteiger partial charge in [0, 0.05) is 18.7 Å². The SMILES string of the molecule is CCOC(=O)[C@H](CCCCNC(=O)/C=C/c1ccc(OC)cc1)NC(=O)/C=C/c1ccc(OC)cc1. The van der Waals surface area contributed by atoms with Gasteiger partial charge in [0.2, 0.25) is 11.8 Å². The lowest BCUT2D eigenvalue weighted by Gasteiger charge is -2.16. The molecule has 0 radical (unpaired) electrons. The van der Waals surface area contributed by atoms with Gasteiger partial charge in [0.15, 0.2) is 0 Å². The van der Waals surface area contributed by atoms with E-state index >= 15 is 0 Å². The van der Waals surface area contributed by atoms with Crippen molar-refractivity contribution in [3.63, 3.8) is 0 Å². The van der Waals surface area contributed by atoms with Crippen LogP contribution in [0.3, 0.4) is 0 Å². The summed E-state index contributed by atoms with van der Waals surface area (Å²) in [6, 6.07) is 13.9. The molecule has 36 heavy (non-hydrogen) atoms. The van der Waals surface area contributed by atoms with Gasteiger partial charge in [0.1, 0.15) is 17.5 Å². The summed E-state index contributed by atoms with van der Waals surface area (Å²) in [6.07, 6.45) is 7.90. The molecule has 2 aromatic rings. The molecule has 0 aromatic heterocycles. The highest BCUT2D eigenvalue weighted by atomic mass is 16.5. The Morgan fingerprint density at radius 2 is 1.33 bits per heavy atom. The van der Waals surface area contributed by atoms with E-state index in [9.17, 15) is 14.4 Å². The minimum atomic E-state index is -0.761. The molecule has 1 atom stereocenters. The molecule has 0 unspecified atom stereocenters. The van der Waals surface area contributed by atoms with E-state index in [0.29, 0.717) is 25.8 Å². The van der Waals surface area contributed by atoms with Crippen molar-refractivity contribution in [2.75, 3.05) is 27.4 Å². The molecule has 0 fully saturated rings. The molecule has 0 spiro atoms. The summed E-state index contributed by atoms with van der Waals surface area (Å²) < 4.78 is 15.3. The number of nitrogens with one attached hydrogen (secondary N) is 2. The molecular weight excluding hydrogens is 460 g/mol. The Morgan fingerprint density at radius 1 is 0.806 bits per heavy atom. The Labute approximate surface area is 212 Å². The fraction of sp³-hybridized carbons (Fsp3) is 0.321. The molecule has 192 valence electrons. The van der Waals surface area contributed by atoms with Crippen molar-refractivity contribution >= 4 is 29.9 Å². The zero-order chi connectivity index (χ0) is 26.2. The highest BCUT2D eigenvalue weighted by Crippen LogP contribution is 2.13. The summed E-state index contributed by atoms with van der Waals surface area (Å²) in [4.78, 5) is 36.7. The predicted octanol–water partition coefficient (Wildman–Crippen LogP) is 3.76. The molecule has 0 aliphatic rings. The summed E-state index contributed by atoms with van der Waals surface area (Å²) in [7, 11) is 3.19. The number of hydrogen-bond acceptors (Lipinski definition) is 6. The van der Waals surface area contributed by atoms with Gasteiger partial charge in [-0.25, -0.2) is 4.79 Å². The number of ether oxygens (including phenoxy) is 3. The van der Waals surface area contributed by atoms with Crippen molar-refractivity contribution in [1.82, 2.24) is 10.6 Å². The second-order valence-corrected chi connectivity index (χ2v) is 7.81. The molecule has 0 saturated carbocycles. The zero-order valence-corrected chi connectivity index (χ0v) is 21.0. The van der Waals surface area contributed by atoms with Gasteiger partial charge in [-0.2, -0.15) is 0 Å². The number of amides is 2. The number of methoxy groups -OCH3 is 2. The van der Waals surface area contributed by atoms with Crippen LogP contribution in [0.25, 0.3) is 12.2 Å². The first-order chi connectivity index (χ1) is 17.4. The number of esters is 1. The summed E-state index contributed by atoms with van der Waals surface area (Å²) in [5.41, 5.74) is 1.72. The van der Waals surface area contributed by atoms with E-state index < -0.39 is 12.0 Å². The van der Waals surface area contributed by atoms with E-state index in [2.05, 4.69) is 10.6 Å². The van der Waals surface area contributed by atoms with Crippen LogP contribution in [0.2, 0.25) is 0 Å². The number of rotatable bonds is 14. The summed E-state index contributed by atoms with van der Waals surface area (Å²) >= 11 is 0. The molecule has 0 bridgehead atoms. The molecule has 0 aliphatic heterocycles. The average Bonchev–Trinajstić information content (AvgIpc) is 2.90. The summed E-state index contributed by atoms with van der Waals surface area (Å²) in [6.45, 7) is 2.39. The Balaban J connectivity index is 1.76. The van der Waals surface area contributed by atoms with Gasteiger partial charge in [-0.3, -0.25) is 9.59 Å². The van der Waals surface area contributed by atoms with Crippen LogP contribution < -0.4 is 20.1 Å². The average molecular weight is 495 g/mol. The Hall–Kier alpha value is -4.07. The summed E-state index contributed by atoms with van der Waals surface area (Å²) in [5.74, 6) is 0.409. The monoisotopic (exact) mass is 494 g/mol. The number of carbonyl (C=O) groups excluding carboxylic acids is 3. The first kappa shape index (κ1) is 28.2. The lowest BCUT2D eigenvalue weighted by molar-refractivity contribution is -0.147. The van der Waals surface area contributed by atoms with E-state index in [1.807, 2.05) is 36.4 Å².